The first-order chi connectivity index (χ1) is 0. The van der Waals surface area contributed by atoms with Gasteiger partial charge in [0, 0.05) is 0 Å². The summed E-state index contributed by atoms with van der Waals surface area (Å²) < 4.78 is 0. The van der Waals surface area contributed by atoms with Crippen LogP contribution in [0, 0.1) is 0 Å². The normalized spacial score (nSPS) is 0. The molecule has 0 aromatic carbocycles. The Hall–Kier alpha value is 4.51. The van der Waals surface area contributed by atoms with Crippen LogP contribution >= 0.6 is 0 Å². The third kappa shape index (κ3) is 17.7. The van der Waals surface area contributed by atoms with E-state index in [2.05, 4.69) is 0 Å². The van der Waals surface area contributed by atoms with Crippen molar-refractivity contribution in [1.29, 1.82) is 0 Å². The second kappa shape index (κ2) is 23.6. The largest absolute Gasteiger partial charge is 0.316 e. The molecule has 0 heterocycles. The molecular weight excluding hydrogens is 161 g/mol. The van der Waals surface area contributed by atoms with Crippen molar-refractivity contribution >= 4 is 136 Å². The Labute approximate surface area is 137 Å². The van der Waals surface area contributed by atoms with Crippen LogP contribution in [0.3, 0.4) is 0 Å². The molecule has 0 unspecified atom stereocenters. The van der Waals surface area contributed by atoms with Crippen LogP contribution in [0.25, 0.3) is 0 Å². The summed E-state index contributed by atoms with van der Waals surface area (Å²) in [7, 11) is 0. The Morgan fingerprint density at radius 3 is 0.600 bits per heavy atom. The van der Waals surface area contributed by atoms with Gasteiger partial charge in [-0.3, -0.25) is 0 Å². The van der Waals surface area contributed by atoms with Crippen LogP contribution in [0.5, 0.6) is 0 Å². The van der Waals surface area contributed by atoms with E-state index >= 15 is 0 Å². The van der Waals surface area contributed by atoms with Crippen molar-refractivity contribution in [2.24, 2.45) is 0 Å². The Bertz CT molecular complexity index is 6.85. The summed E-state index contributed by atoms with van der Waals surface area (Å²) in [5.41, 5.74) is 0. The van der Waals surface area contributed by atoms with Gasteiger partial charge in [0.05, 0.1) is 0 Å². The van der Waals surface area contributed by atoms with E-state index in [0.29, 0.717) is 0 Å². The molecular formula is H10Ca3MgO. The zero-order valence-electron chi connectivity index (χ0n) is 0.500. The van der Waals surface area contributed by atoms with Crippen molar-refractivity contribution in [3.05, 3.63) is 0 Å². The summed E-state index contributed by atoms with van der Waals surface area (Å²) in [4.78, 5) is 0. The molecule has 0 atom stereocenters. The van der Waals surface area contributed by atoms with Crippen LogP contribution in [0.2, 0.25) is 0 Å². The van der Waals surface area contributed by atoms with E-state index in [-0.39, 0.29) is 142 Å². The van der Waals surface area contributed by atoms with E-state index in [9.17, 15) is 0 Å². The van der Waals surface area contributed by atoms with Gasteiger partial charge in [0.2, 0.25) is 0 Å². The zero-order chi connectivity index (χ0) is 0. The van der Waals surface area contributed by atoms with Crippen LogP contribution < -0.4 is 0 Å². The fourth-order valence-corrected chi connectivity index (χ4v) is 0. The SMILES string of the molecule is O.[CaH2].[CaH2].[CaH2].[MgH2]. The maximum atomic E-state index is 0. The van der Waals surface area contributed by atoms with Crippen LogP contribution in [-0.2, 0) is 0 Å². The van der Waals surface area contributed by atoms with Crippen molar-refractivity contribution < 1.29 is 5.48 Å². The van der Waals surface area contributed by atoms with E-state index in [1.54, 1.807) is 0 Å². The average molecular weight is 171 g/mol. The minimum absolute atomic E-state index is 0. The third-order valence-electron chi connectivity index (χ3n) is 0. The average Bonchev–Trinajstić information content (AvgIpc) is 0. The summed E-state index contributed by atoms with van der Waals surface area (Å²) in [5, 5.41) is 0. The fourth-order valence-electron chi connectivity index (χ4n) is 0. The molecule has 0 aliphatic heterocycles. The molecule has 2 N–H and O–H groups in total. The minimum atomic E-state index is 0. The molecule has 0 saturated heterocycles. The van der Waals surface area contributed by atoms with Gasteiger partial charge in [0.25, 0.3) is 0 Å². The predicted molar refractivity (Wildman–Crippen MR) is 37.8 cm³/mol. The second-order valence-electron chi connectivity index (χ2n) is 0. The molecule has 0 aliphatic carbocycles. The molecule has 0 radical (unpaired) electrons. The predicted octanol–water partition coefficient (Wildman–Crippen LogP) is -4.49. The summed E-state index contributed by atoms with van der Waals surface area (Å²) in [6.45, 7) is 0. The summed E-state index contributed by atoms with van der Waals surface area (Å²) in [6, 6.07) is 0. The maximum absolute atomic E-state index is 0. The summed E-state index contributed by atoms with van der Waals surface area (Å²) in [5.74, 6) is 0. The van der Waals surface area contributed by atoms with E-state index in [1.807, 2.05) is 0 Å². The van der Waals surface area contributed by atoms with Gasteiger partial charge in [-0.15, -0.1) is 0 Å². The molecule has 0 aliphatic rings. The van der Waals surface area contributed by atoms with Gasteiger partial charge in [-0.25, -0.2) is 0 Å². The van der Waals surface area contributed by atoms with Gasteiger partial charge < -0.3 is 5.48 Å². The van der Waals surface area contributed by atoms with Gasteiger partial charge in [-0.05, 0) is 0 Å². The molecule has 0 aromatic rings. The summed E-state index contributed by atoms with van der Waals surface area (Å²) >= 11 is 0. The molecule has 0 fully saturated rings. The first kappa shape index (κ1) is 33.9. The molecule has 5 heavy (non-hydrogen) atoms. The molecule has 0 rings (SSSR count). The Morgan fingerprint density at radius 1 is 0.600 bits per heavy atom. The van der Waals surface area contributed by atoms with Crippen LogP contribution in [0.4, 0.5) is 0 Å². The Balaban J connectivity index is 0. The minimum Gasteiger partial charge on any atom is 0.316 e. The van der Waals surface area contributed by atoms with Gasteiger partial charge in [-0.1, -0.05) is 0 Å². The van der Waals surface area contributed by atoms with Crippen LogP contribution in [0.15, 0.2) is 0 Å². The molecule has 0 saturated carbocycles. The maximum Gasteiger partial charge on any atom is 0.316 e. The van der Waals surface area contributed by atoms with Crippen molar-refractivity contribution in [3.8, 4) is 0 Å². The number of hydrogen-bond acceptors (Lipinski definition) is 0. The third-order valence-corrected chi connectivity index (χ3v) is 0. The molecule has 0 bridgehead atoms. The Morgan fingerprint density at radius 2 is 0.600 bits per heavy atom. The first-order valence-corrected chi connectivity index (χ1v) is 0. The molecule has 0 spiro atoms. The van der Waals surface area contributed by atoms with E-state index in [4.69, 9.17) is 0 Å². The van der Waals surface area contributed by atoms with E-state index < -0.39 is 0 Å². The molecule has 1 nitrogen and oxygen atoms in total. The molecule has 24 valence electrons. The van der Waals surface area contributed by atoms with E-state index in [0.717, 1.165) is 0 Å². The fraction of sp³-hybridized carbons (Fsp3) is 0. The summed E-state index contributed by atoms with van der Waals surface area (Å²) in [6.07, 6.45) is 0. The van der Waals surface area contributed by atoms with Crippen molar-refractivity contribution in [3.63, 3.8) is 0 Å². The topological polar surface area (TPSA) is 31.5 Å². The van der Waals surface area contributed by atoms with Gasteiger partial charge in [0.1, 0.15) is 0 Å². The van der Waals surface area contributed by atoms with Crippen LogP contribution in [-0.4, -0.2) is 142 Å². The zero-order valence-corrected chi connectivity index (χ0v) is 0.500. The van der Waals surface area contributed by atoms with Crippen molar-refractivity contribution in [2.45, 2.75) is 0 Å². The Kier molecular flexibility index (Phi) is 160. The van der Waals surface area contributed by atoms with E-state index in [1.165, 1.54) is 0 Å². The van der Waals surface area contributed by atoms with Crippen molar-refractivity contribution in [2.75, 3.05) is 0 Å². The van der Waals surface area contributed by atoms with Gasteiger partial charge in [0.15, 0.2) is 0 Å². The smallest absolute Gasteiger partial charge is 0.316 e. The standard InChI is InChI=1S/3Ca.Mg.H2O.8H/h;;;;1H2;;;;;;;;. The van der Waals surface area contributed by atoms with Crippen molar-refractivity contribution in [1.82, 2.24) is 0 Å². The first-order valence-electron chi connectivity index (χ1n) is 0. The van der Waals surface area contributed by atoms with Gasteiger partial charge >= 0.3 is 136 Å². The van der Waals surface area contributed by atoms with Crippen LogP contribution in [0.1, 0.15) is 0 Å². The molecule has 5 heteroatoms. The van der Waals surface area contributed by atoms with Gasteiger partial charge in [-0.2, -0.15) is 0 Å². The number of hydrogen-bond donors (Lipinski definition) is 0. The molecule has 0 aromatic heterocycles. The quantitative estimate of drug-likeness (QED) is 0.329. The number of rotatable bonds is 0. The molecule has 0 amide bonds. The second-order valence-corrected chi connectivity index (χ2v) is 0. The monoisotopic (exact) mass is 170 g/mol.